The van der Waals surface area contributed by atoms with Gasteiger partial charge < -0.3 is 10.0 Å². The van der Waals surface area contributed by atoms with Crippen LogP contribution < -0.4 is 4.90 Å². The zero-order valence-corrected chi connectivity index (χ0v) is 13.6. The summed E-state index contributed by atoms with van der Waals surface area (Å²) in [6.45, 7) is 12.9. The second kappa shape index (κ2) is 8.20. The molecule has 1 aromatic rings. The van der Waals surface area contributed by atoms with Crippen molar-refractivity contribution in [3.05, 3.63) is 17.5 Å². The van der Waals surface area contributed by atoms with Crippen LogP contribution in [0, 0.1) is 18.8 Å². The minimum atomic E-state index is 0.00407. The van der Waals surface area contributed by atoms with Gasteiger partial charge in [-0.3, -0.25) is 0 Å². The maximum Gasteiger partial charge on any atom is 0.225 e. The predicted molar refractivity (Wildman–Crippen MR) is 83.8 cm³/mol. The zero-order valence-electron chi connectivity index (χ0n) is 13.6. The third-order valence-electron chi connectivity index (χ3n) is 3.47. The normalized spacial score (nSPS) is 11.4. The van der Waals surface area contributed by atoms with Crippen molar-refractivity contribution >= 4 is 5.95 Å². The summed E-state index contributed by atoms with van der Waals surface area (Å²) in [5.74, 6) is 2.14. The first-order valence-electron chi connectivity index (χ1n) is 7.62. The van der Waals surface area contributed by atoms with Gasteiger partial charge in [-0.1, -0.05) is 27.7 Å². The first kappa shape index (κ1) is 16.9. The van der Waals surface area contributed by atoms with Crippen molar-refractivity contribution in [2.45, 2.75) is 54.1 Å². The van der Waals surface area contributed by atoms with E-state index in [1.54, 1.807) is 6.20 Å². The van der Waals surface area contributed by atoms with E-state index in [0.717, 1.165) is 43.1 Å². The molecule has 0 saturated heterocycles. The Hall–Kier alpha value is -1.16. The number of aliphatic hydroxyl groups is 1. The first-order valence-corrected chi connectivity index (χ1v) is 7.62. The fourth-order valence-corrected chi connectivity index (χ4v) is 1.93. The van der Waals surface area contributed by atoms with Gasteiger partial charge in [0.15, 0.2) is 0 Å². The molecule has 0 amide bonds. The molecule has 0 aliphatic heterocycles. The number of anilines is 1. The van der Waals surface area contributed by atoms with Crippen molar-refractivity contribution in [1.82, 2.24) is 9.97 Å². The zero-order chi connectivity index (χ0) is 15.1. The lowest BCUT2D eigenvalue weighted by atomic mass is 10.1. The third kappa shape index (κ3) is 5.45. The van der Waals surface area contributed by atoms with Crippen LogP contribution in [0.2, 0.25) is 0 Å². The Labute approximate surface area is 123 Å². The van der Waals surface area contributed by atoms with E-state index >= 15 is 0 Å². The summed E-state index contributed by atoms with van der Waals surface area (Å²) in [6, 6.07) is 0. The van der Waals surface area contributed by atoms with Gasteiger partial charge in [-0.15, -0.1) is 0 Å². The van der Waals surface area contributed by atoms with E-state index in [1.165, 1.54) is 0 Å². The largest absolute Gasteiger partial charge is 0.392 e. The Balaban J connectivity index is 2.82. The molecule has 0 aromatic carbocycles. The Kier molecular flexibility index (Phi) is 6.93. The van der Waals surface area contributed by atoms with Crippen LogP contribution in [0.1, 0.15) is 51.8 Å². The Morgan fingerprint density at radius 3 is 2.05 bits per heavy atom. The summed E-state index contributed by atoms with van der Waals surface area (Å²) >= 11 is 0. The molecule has 4 heteroatoms. The highest BCUT2D eigenvalue weighted by molar-refractivity contribution is 5.32. The minimum absolute atomic E-state index is 0.00407. The van der Waals surface area contributed by atoms with Gasteiger partial charge in [0, 0.05) is 30.5 Å². The number of aryl methyl sites for hydroxylation is 1. The molecule has 4 nitrogen and oxygen atoms in total. The summed E-state index contributed by atoms with van der Waals surface area (Å²) in [6.07, 6.45) is 4.03. The van der Waals surface area contributed by atoms with Gasteiger partial charge in [0.05, 0.1) is 6.61 Å². The average molecular weight is 279 g/mol. The molecule has 0 aliphatic rings. The van der Waals surface area contributed by atoms with E-state index < -0.39 is 0 Å². The van der Waals surface area contributed by atoms with Gasteiger partial charge in [-0.05, 0) is 31.6 Å². The van der Waals surface area contributed by atoms with Gasteiger partial charge in [-0.25, -0.2) is 9.97 Å². The molecule has 0 bridgehead atoms. The molecular weight excluding hydrogens is 250 g/mol. The first-order chi connectivity index (χ1) is 9.43. The summed E-state index contributed by atoms with van der Waals surface area (Å²) in [4.78, 5) is 11.2. The van der Waals surface area contributed by atoms with Crippen molar-refractivity contribution in [3.8, 4) is 0 Å². The smallest absolute Gasteiger partial charge is 0.225 e. The van der Waals surface area contributed by atoms with Crippen LogP contribution in [0.5, 0.6) is 0 Å². The number of aliphatic hydroxyl groups excluding tert-OH is 1. The molecule has 0 aliphatic carbocycles. The maximum atomic E-state index is 9.21. The highest BCUT2D eigenvalue weighted by atomic mass is 16.3. The average Bonchev–Trinajstić information content (AvgIpc) is 2.38. The number of hydrogen-bond acceptors (Lipinski definition) is 4. The minimum Gasteiger partial charge on any atom is -0.392 e. The molecule has 20 heavy (non-hydrogen) atoms. The summed E-state index contributed by atoms with van der Waals surface area (Å²) in [5, 5.41) is 9.21. The molecule has 0 atom stereocenters. The fourth-order valence-electron chi connectivity index (χ4n) is 1.93. The lowest BCUT2D eigenvalue weighted by Gasteiger charge is -2.25. The fraction of sp³-hybridized carbons (Fsp3) is 0.750. The highest BCUT2D eigenvalue weighted by Crippen LogP contribution is 2.15. The molecular formula is C16H29N3O. The van der Waals surface area contributed by atoms with Crippen LogP contribution in [0.4, 0.5) is 5.95 Å². The Morgan fingerprint density at radius 1 is 1.10 bits per heavy atom. The van der Waals surface area contributed by atoms with Crippen LogP contribution in [-0.4, -0.2) is 28.2 Å². The predicted octanol–water partition coefficient (Wildman–Crippen LogP) is 3.18. The standard InChI is InChI=1S/C16H29N3O/c1-12(2)6-8-19(9-7-13(3)4)16-17-10-15(11-20)14(5)18-16/h10,12-13,20H,6-9,11H2,1-5H3. The Bertz CT molecular complexity index is 393. The van der Waals surface area contributed by atoms with E-state index in [4.69, 9.17) is 0 Å². The monoisotopic (exact) mass is 279 g/mol. The molecule has 1 heterocycles. The van der Waals surface area contributed by atoms with Gasteiger partial charge in [0.2, 0.25) is 5.95 Å². The van der Waals surface area contributed by atoms with Crippen LogP contribution >= 0.6 is 0 Å². The van der Waals surface area contributed by atoms with Crippen molar-refractivity contribution in [2.75, 3.05) is 18.0 Å². The van der Waals surface area contributed by atoms with Crippen LogP contribution in [0.25, 0.3) is 0 Å². The molecule has 1 rings (SSSR count). The van der Waals surface area contributed by atoms with E-state index in [9.17, 15) is 5.11 Å². The molecule has 0 spiro atoms. The van der Waals surface area contributed by atoms with E-state index in [2.05, 4.69) is 42.6 Å². The molecule has 0 fully saturated rings. The van der Waals surface area contributed by atoms with Gasteiger partial charge in [0.1, 0.15) is 0 Å². The van der Waals surface area contributed by atoms with Gasteiger partial charge >= 0.3 is 0 Å². The van der Waals surface area contributed by atoms with Gasteiger partial charge in [-0.2, -0.15) is 0 Å². The van der Waals surface area contributed by atoms with Crippen molar-refractivity contribution < 1.29 is 5.11 Å². The lowest BCUT2D eigenvalue weighted by molar-refractivity contribution is 0.280. The van der Waals surface area contributed by atoms with E-state index in [0.29, 0.717) is 11.8 Å². The van der Waals surface area contributed by atoms with Crippen molar-refractivity contribution in [1.29, 1.82) is 0 Å². The lowest BCUT2D eigenvalue weighted by Crippen LogP contribution is -2.29. The molecule has 1 N–H and O–H groups in total. The van der Waals surface area contributed by atoms with Crippen molar-refractivity contribution in [3.63, 3.8) is 0 Å². The Morgan fingerprint density at radius 2 is 1.65 bits per heavy atom. The summed E-state index contributed by atoms with van der Waals surface area (Å²) in [5.41, 5.74) is 1.68. The molecule has 0 radical (unpaired) electrons. The molecule has 0 unspecified atom stereocenters. The highest BCUT2D eigenvalue weighted by Gasteiger charge is 2.12. The number of nitrogens with zero attached hydrogens (tertiary/aromatic N) is 3. The van der Waals surface area contributed by atoms with Crippen LogP contribution in [-0.2, 0) is 6.61 Å². The number of rotatable bonds is 8. The summed E-state index contributed by atoms with van der Waals surface area (Å²) in [7, 11) is 0. The van der Waals surface area contributed by atoms with Crippen molar-refractivity contribution in [2.24, 2.45) is 11.8 Å². The van der Waals surface area contributed by atoms with E-state index in [1.807, 2.05) is 6.92 Å². The topological polar surface area (TPSA) is 49.2 Å². The second-order valence-corrected chi connectivity index (χ2v) is 6.29. The second-order valence-electron chi connectivity index (χ2n) is 6.29. The van der Waals surface area contributed by atoms with E-state index in [-0.39, 0.29) is 6.61 Å². The number of aromatic nitrogens is 2. The number of hydrogen-bond donors (Lipinski definition) is 1. The van der Waals surface area contributed by atoms with Crippen LogP contribution in [0.3, 0.4) is 0 Å². The molecule has 0 saturated carbocycles. The van der Waals surface area contributed by atoms with Crippen LogP contribution in [0.15, 0.2) is 6.20 Å². The quantitative estimate of drug-likeness (QED) is 0.794. The maximum absolute atomic E-state index is 9.21. The van der Waals surface area contributed by atoms with Gasteiger partial charge in [0.25, 0.3) is 0 Å². The summed E-state index contributed by atoms with van der Waals surface area (Å²) < 4.78 is 0. The molecule has 114 valence electrons. The molecule has 1 aromatic heterocycles. The SMILES string of the molecule is Cc1nc(N(CCC(C)C)CCC(C)C)ncc1CO. The third-order valence-corrected chi connectivity index (χ3v) is 3.47.